The van der Waals surface area contributed by atoms with E-state index in [1.165, 1.54) is 7.11 Å². The number of rotatable bonds is 4. The van der Waals surface area contributed by atoms with Crippen molar-refractivity contribution in [3.05, 3.63) is 0 Å². The molecule has 0 aliphatic carbocycles. The quantitative estimate of drug-likeness (QED) is 0.674. The minimum absolute atomic E-state index is 0.0246. The molecular weight excluding hydrogens is 274 g/mol. The van der Waals surface area contributed by atoms with Crippen molar-refractivity contribution in [1.82, 2.24) is 9.80 Å². The first-order valence-corrected chi connectivity index (χ1v) is 7.53. The second-order valence-corrected chi connectivity index (χ2v) is 5.64. The van der Waals surface area contributed by atoms with E-state index in [0.717, 1.165) is 6.54 Å². The van der Waals surface area contributed by atoms with Gasteiger partial charge in [-0.15, -0.1) is 0 Å². The number of methoxy groups -OCH3 is 1. The van der Waals surface area contributed by atoms with Crippen molar-refractivity contribution in [2.45, 2.75) is 18.9 Å². The molecule has 0 aromatic rings. The van der Waals surface area contributed by atoms with Crippen LogP contribution in [0.25, 0.3) is 0 Å². The number of morpholine rings is 1. The van der Waals surface area contributed by atoms with Crippen LogP contribution in [0, 0.1) is 5.92 Å². The average Bonchev–Trinajstić information content (AvgIpc) is 2.54. The van der Waals surface area contributed by atoms with Crippen LogP contribution < -0.4 is 5.73 Å². The van der Waals surface area contributed by atoms with Gasteiger partial charge in [-0.2, -0.15) is 0 Å². The Morgan fingerprint density at radius 3 is 2.62 bits per heavy atom. The maximum absolute atomic E-state index is 12.3. The van der Waals surface area contributed by atoms with E-state index in [1.807, 2.05) is 4.90 Å². The lowest BCUT2D eigenvalue weighted by atomic mass is 9.97. The van der Waals surface area contributed by atoms with Gasteiger partial charge in [-0.3, -0.25) is 14.5 Å². The van der Waals surface area contributed by atoms with Crippen LogP contribution in [-0.4, -0.2) is 80.8 Å². The summed E-state index contributed by atoms with van der Waals surface area (Å²) in [6.07, 6.45) is 1.40. The summed E-state index contributed by atoms with van der Waals surface area (Å²) in [6.45, 7) is 4.24. The Balaban J connectivity index is 1.75. The number of piperidine rings is 1. The molecule has 2 saturated heterocycles. The highest BCUT2D eigenvalue weighted by Crippen LogP contribution is 2.18. The Bertz CT molecular complexity index is 369. The molecule has 2 rings (SSSR count). The van der Waals surface area contributed by atoms with Gasteiger partial charge in [0.25, 0.3) is 0 Å². The molecule has 0 aromatic heterocycles. The average molecular weight is 299 g/mol. The second kappa shape index (κ2) is 7.72. The fraction of sp³-hybridized carbons (Fsp3) is 0.857. The zero-order valence-corrected chi connectivity index (χ0v) is 12.6. The number of nitrogens with zero attached hydrogens (tertiary/aromatic N) is 2. The lowest BCUT2D eigenvalue weighted by molar-refractivity contribution is -0.149. The summed E-state index contributed by atoms with van der Waals surface area (Å²) in [7, 11) is 1.41. The maximum atomic E-state index is 12.3. The molecule has 2 fully saturated rings. The largest absolute Gasteiger partial charge is 0.469 e. The standard InChI is InChI=1S/C14H25N3O4/c1-20-14(19)11-2-4-17(5-3-11)13(18)10-16-6-7-21-12(8-15)9-16/h11-12H,2-10,15H2,1H3. The summed E-state index contributed by atoms with van der Waals surface area (Å²) in [5.74, 6) is -0.110. The van der Waals surface area contributed by atoms with Gasteiger partial charge in [-0.1, -0.05) is 0 Å². The number of carbonyl (C=O) groups is 2. The molecule has 21 heavy (non-hydrogen) atoms. The number of carbonyl (C=O) groups excluding carboxylic acids is 2. The number of hydrogen-bond acceptors (Lipinski definition) is 6. The van der Waals surface area contributed by atoms with Gasteiger partial charge in [0, 0.05) is 32.7 Å². The van der Waals surface area contributed by atoms with E-state index in [4.69, 9.17) is 15.2 Å². The molecule has 2 N–H and O–H groups in total. The van der Waals surface area contributed by atoms with Gasteiger partial charge in [0.15, 0.2) is 0 Å². The van der Waals surface area contributed by atoms with Gasteiger partial charge in [-0.25, -0.2) is 0 Å². The minimum Gasteiger partial charge on any atom is -0.469 e. The molecule has 1 atom stereocenters. The molecule has 2 aliphatic heterocycles. The predicted molar refractivity (Wildman–Crippen MR) is 76.6 cm³/mol. The fourth-order valence-corrected chi connectivity index (χ4v) is 2.89. The van der Waals surface area contributed by atoms with E-state index in [1.54, 1.807) is 0 Å². The van der Waals surface area contributed by atoms with E-state index in [-0.39, 0.29) is 23.9 Å². The highest BCUT2D eigenvalue weighted by molar-refractivity contribution is 5.79. The van der Waals surface area contributed by atoms with Crippen LogP contribution in [0.3, 0.4) is 0 Å². The van der Waals surface area contributed by atoms with Crippen LogP contribution in [0.15, 0.2) is 0 Å². The number of likely N-dealkylation sites (tertiary alicyclic amines) is 1. The number of hydrogen-bond donors (Lipinski definition) is 1. The van der Waals surface area contributed by atoms with Crippen molar-refractivity contribution in [2.75, 3.05) is 53.0 Å². The van der Waals surface area contributed by atoms with Crippen LogP contribution in [0.5, 0.6) is 0 Å². The highest BCUT2D eigenvalue weighted by atomic mass is 16.5. The Labute approximate surface area is 125 Å². The van der Waals surface area contributed by atoms with Gasteiger partial charge in [0.05, 0.1) is 32.3 Å². The molecule has 0 spiro atoms. The zero-order valence-electron chi connectivity index (χ0n) is 12.6. The summed E-state index contributed by atoms with van der Waals surface area (Å²) < 4.78 is 10.2. The number of esters is 1. The van der Waals surface area contributed by atoms with Crippen molar-refractivity contribution < 1.29 is 19.1 Å². The minimum atomic E-state index is -0.166. The first kappa shape index (κ1) is 16.2. The van der Waals surface area contributed by atoms with E-state index in [0.29, 0.717) is 52.2 Å². The normalized spacial score (nSPS) is 24.9. The van der Waals surface area contributed by atoms with Crippen LogP contribution in [-0.2, 0) is 19.1 Å². The number of ether oxygens (including phenoxy) is 2. The summed E-state index contributed by atoms with van der Waals surface area (Å²) in [5, 5.41) is 0. The predicted octanol–water partition coefficient (Wildman–Crippen LogP) is -0.942. The van der Waals surface area contributed by atoms with Gasteiger partial charge in [0.2, 0.25) is 5.91 Å². The third kappa shape index (κ3) is 4.39. The molecule has 2 aliphatic rings. The fourth-order valence-electron chi connectivity index (χ4n) is 2.89. The first-order valence-electron chi connectivity index (χ1n) is 7.53. The Morgan fingerprint density at radius 2 is 2.00 bits per heavy atom. The Kier molecular flexibility index (Phi) is 5.96. The highest BCUT2D eigenvalue weighted by Gasteiger charge is 2.29. The van der Waals surface area contributed by atoms with Crippen LogP contribution in [0.1, 0.15) is 12.8 Å². The molecule has 0 saturated carbocycles. The first-order chi connectivity index (χ1) is 10.1. The lowest BCUT2D eigenvalue weighted by Gasteiger charge is -2.35. The van der Waals surface area contributed by atoms with Gasteiger partial charge in [-0.05, 0) is 12.8 Å². The molecule has 120 valence electrons. The van der Waals surface area contributed by atoms with Crippen molar-refractivity contribution in [2.24, 2.45) is 11.7 Å². The lowest BCUT2D eigenvalue weighted by Crippen LogP contribution is -2.51. The molecule has 1 unspecified atom stereocenters. The van der Waals surface area contributed by atoms with Crippen LogP contribution in [0.2, 0.25) is 0 Å². The summed E-state index contributed by atoms with van der Waals surface area (Å²) in [4.78, 5) is 27.7. The second-order valence-electron chi connectivity index (χ2n) is 5.64. The van der Waals surface area contributed by atoms with E-state index in [2.05, 4.69) is 4.90 Å². The molecule has 7 nitrogen and oxygen atoms in total. The van der Waals surface area contributed by atoms with Gasteiger partial charge >= 0.3 is 5.97 Å². The number of nitrogens with two attached hydrogens (primary N) is 1. The zero-order chi connectivity index (χ0) is 15.2. The molecule has 0 radical (unpaired) electrons. The molecule has 1 amide bonds. The third-order valence-corrected chi connectivity index (χ3v) is 4.23. The van der Waals surface area contributed by atoms with Crippen molar-refractivity contribution in [1.29, 1.82) is 0 Å². The molecule has 7 heteroatoms. The SMILES string of the molecule is COC(=O)C1CCN(C(=O)CN2CCOC(CN)C2)CC1. The van der Waals surface area contributed by atoms with Crippen molar-refractivity contribution in [3.63, 3.8) is 0 Å². The van der Waals surface area contributed by atoms with Gasteiger partial charge < -0.3 is 20.1 Å². The monoisotopic (exact) mass is 299 g/mol. The van der Waals surface area contributed by atoms with Crippen LogP contribution in [0.4, 0.5) is 0 Å². The molecular formula is C14H25N3O4. The summed E-state index contributed by atoms with van der Waals surface area (Å²) in [6, 6.07) is 0. The van der Waals surface area contributed by atoms with E-state index < -0.39 is 0 Å². The topological polar surface area (TPSA) is 85.1 Å². The Hall–Kier alpha value is -1.18. The van der Waals surface area contributed by atoms with Crippen LogP contribution >= 0.6 is 0 Å². The number of amides is 1. The smallest absolute Gasteiger partial charge is 0.308 e. The van der Waals surface area contributed by atoms with E-state index in [9.17, 15) is 9.59 Å². The van der Waals surface area contributed by atoms with Crippen molar-refractivity contribution in [3.8, 4) is 0 Å². The third-order valence-electron chi connectivity index (χ3n) is 4.23. The molecule has 0 aromatic carbocycles. The summed E-state index contributed by atoms with van der Waals surface area (Å²) >= 11 is 0. The Morgan fingerprint density at radius 1 is 1.29 bits per heavy atom. The summed E-state index contributed by atoms with van der Waals surface area (Å²) in [5.41, 5.74) is 5.61. The van der Waals surface area contributed by atoms with E-state index >= 15 is 0 Å². The molecule has 2 heterocycles. The van der Waals surface area contributed by atoms with Crippen molar-refractivity contribution >= 4 is 11.9 Å². The molecule has 0 bridgehead atoms. The van der Waals surface area contributed by atoms with Gasteiger partial charge in [0.1, 0.15) is 0 Å². The maximum Gasteiger partial charge on any atom is 0.308 e.